The van der Waals surface area contributed by atoms with Crippen LogP contribution in [0, 0.1) is 5.92 Å². The summed E-state index contributed by atoms with van der Waals surface area (Å²) in [5.41, 5.74) is -0.872. The summed E-state index contributed by atoms with van der Waals surface area (Å²) in [6, 6.07) is 0. The first-order valence-electron chi connectivity index (χ1n) is 6.77. The fourth-order valence-corrected chi connectivity index (χ4v) is 2.99. The maximum absolute atomic E-state index is 12.6. The van der Waals surface area contributed by atoms with Crippen molar-refractivity contribution in [2.75, 3.05) is 19.3 Å². The Morgan fingerprint density at radius 3 is 2.35 bits per heavy atom. The summed E-state index contributed by atoms with van der Waals surface area (Å²) in [6.45, 7) is 4.87. The molecule has 20 heavy (non-hydrogen) atoms. The van der Waals surface area contributed by atoms with Crippen LogP contribution in [0.4, 0.5) is 0 Å². The Bertz CT molecular complexity index is 551. The van der Waals surface area contributed by atoms with Gasteiger partial charge in [0.15, 0.2) is 9.84 Å². The summed E-state index contributed by atoms with van der Waals surface area (Å²) in [7, 11) is -3.31. The van der Waals surface area contributed by atoms with Gasteiger partial charge in [-0.2, -0.15) is 0 Å². The number of hydrogen-bond acceptors (Lipinski definition) is 4. The van der Waals surface area contributed by atoms with Gasteiger partial charge in [-0.3, -0.25) is 9.59 Å². The largest absolute Gasteiger partial charge is 0.340 e. The van der Waals surface area contributed by atoms with E-state index in [9.17, 15) is 18.0 Å². The average molecular weight is 302 g/mol. The van der Waals surface area contributed by atoms with Gasteiger partial charge in [-0.15, -0.1) is 0 Å². The normalized spacial score (nSPS) is 28.5. The molecule has 1 aliphatic carbocycles. The molecule has 2 rings (SSSR count). The summed E-state index contributed by atoms with van der Waals surface area (Å²) >= 11 is 0. The number of nitrogens with one attached hydrogen (secondary N) is 1. The van der Waals surface area contributed by atoms with Gasteiger partial charge in [0.25, 0.3) is 0 Å². The Labute approximate surface area is 119 Å². The SMILES string of the molecule is CC1(C2CC2)NC(=O)CN(CC(C)(C)S(C)(=O)=O)C1=O. The van der Waals surface area contributed by atoms with Crippen LogP contribution in [-0.4, -0.2) is 54.8 Å². The van der Waals surface area contributed by atoms with Crippen molar-refractivity contribution in [1.82, 2.24) is 10.2 Å². The second-order valence-electron chi connectivity index (χ2n) is 6.72. The third-order valence-corrected chi connectivity index (χ3v) is 6.57. The van der Waals surface area contributed by atoms with Gasteiger partial charge < -0.3 is 10.2 Å². The van der Waals surface area contributed by atoms with Crippen molar-refractivity contribution < 1.29 is 18.0 Å². The van der Waals surface area contributed by atoms with E-state index in [1.54, 1.807) is 20.8 Å². The van der Waals surface area contributed by atoms with E-state index < -0.39 is 20.1 Å². The van der Waals surface area contributed by atoms with Crippen molar-refractivity contribution >= 4 is 21.7 Å². The number of amides is 2. The van der Waals surface area contributed by atoms with E-state index in [-0.39, 0.29) is 30.8 Å². The lowest BCUT2D eigenvalue weighted by molar-refractivity contribution is -0.150. The molecule has 2 amide bonds. The molecule has 1 atom stereocenters. The molecule has 2 fully saturated rings. The van der Waals surface area contributed by atoms with E-state index in [4.69, 9.17) is 0 Å². The summed E-state index contributed by atoms with van der Waals surface area (Å²) in [5, 5.41) is 2.78. The van der Waals surface area contributed by atoms with E-state index in [1.807, 2.05) is 0 Å². The molecular weight excluding hydrogens is 280 g/mol. The second-order valence-corrected chi connectivity index (χ2v) is 9.37. The summed E-state index contributed by atoms with van der Waals surface area (Å²) < 4.78 is 22.5. The van der Waals surface area contributed by atoms with Crippen LogP contribution in [-0.2, 0) is 19.4 Å². The minimum atomic E-state index is -3.31. The van der Waals surface area contributed by atoms with Crippen molar-refractivity contribution in [2.24, 2.45) is 5.92 Å². The van der Waals surface area contributed by atoms with Gasteiger partial charge in [0, 0.05) is 12.8 Å². The number of rotatable bonds is 4. The number of piperazine rings is 1. The molecule has 1 heterocycles. The third-order valence-electron chi connectivity index (χ3n) is 4.43. The molecule has 6 nitrogen and oxygen atoms in total. The van der Waals surface area contributed by atoms with Gasteiger partial charge in [0.05, 0.1) is 11.3 Å². The van der Waals surface area contributed by atoms with Crippen LogP contribution in [0.15, 0.2) is 0 Å². The minimum Gasteiger partial charge on any atom is -0.340 e. The predicted octanol–water partition coefficient (Wildman–Crippen LogP) is -0.0633. The zero-order chi connectivity index (χ0) is 15.3. The average Bonchev–Trinajstić information content (AvgIpc) is 3.06. The fourth-order valence-electron chi connectivity index (χ4n) is 2.60. The quantitative estimate of drug-likeness (QED) is 0.788. The number of carbonyl (C=O) groups excluding carboxylic acids is 2. The molecule has 1 saturated heterocycles. The zero-order valence-corrected chi connectivity index (χ0v) is 13.2. The highest BCUT2D eigenvalue weighted by molar-refractivity contribution is 7.92. The monoisotopic (exact) mass is 302 g/mol. The molecule has 0 spiro atoms. The lowest BCUT2D eigenvalue weighted by Crippen LogP contribution is -2.68. The van der Waals surface area contributed by atoms with Gasteiger partial charge in [-0.05, 0) is 39.5 Å². The highest BCUT2D eigenvalue weighted by Crippen LogP contribution is 2.41. The van der Waals surface area contributed by atoms with Gasteiger partial charge in [-0.1, -0.05) is 0 Å². The van der Waals surface area contributed by atoms with Crippen LogP contribution in [0.2, 0.25) is 0 Å². The fraction of sp³-hybridized carbons (Fsp3) is 0.846. The van der Waals surface area contributed by atoms with E-state index in [0.717, 1.165) is 19.1 Å². The van der Waals surface area contributed by atoms with Gasteiger partial charge in [-0.25, -0.2) is 8.42 Å². The van der Waals surface area contributed by atoms with Gasteiger partial charge >= 0.3 is 0 Å². The maximum Gasteiger partial charge on any atom is 0.248 e. The van der Waals surface area contributed by atoms with E-state index in [2.05, 4.69) is 5.32 Å². The molecule has 1 saturated carbocycles. The van der Waals surface area contributed by atoms with Crippen molar-refractivity contribution in [3.63, 3.8) is 0 Å². The lowest BCUT2D eigenvalue weighted by atomic mass is 9.91. The Morgan fingerprint density at radius 1 is 1.35 bits per heavy atom. The summed E-state index contributed by atoms with van der Waals surface area (Å²) in [6.07, 6.45) is 3.00. The molecule has 0 aromatic carbocycles. The Kier molecular flexibility index (Phi) is 3.40. The maximum atomic E-state index is 12.6. The van der Waals surface area contributed by atoms with E-state index >= 15 is 0 Å². The van der Waals surface area contributed by atoms with Crippen molar-refractivity contribution in [3.8, 4) is 0 Å². The van der Waals surface area contributed by atoms with Crippen LogP contribution in [0.25, 0.3) is 0 Å². The standard InChI is InChI=1S/C13H22N2O4S/c1-12(2,20(4,18)19)8-15-7-10(16)14-13(3,11(15)17)9-5-6-9/h9H,5-8H2,1-4H3,(H,14,16). The molecule has 0 aromatic rings. The molecule has 1 N–H and O–H groups in total. The smallest absolute Gasteiger partial charge is 0.248 e. The van der Waals surface area contributed by atoms with E-state index in [1.165, 1.54) is 4.90 Å². The molecule has 1 unspecified atom stereocenters. The van der Waals surface area contributed by atoms with E-state index in [0.29, 0.717) is 0 Å². The van der Waals surface area contributed by atoms with Crippen LogP contribution in [0.1, 0.15) is 33.6 Å². The number of carbonyl (C=O) groups is 2. The Morgan fingerprint density at radius 2 is 1.90 bits per heavy atom. The van der Waals surface area contributed by atoms with Gasteiger partial charge in [0.1, 0.15) is 5.54 Å². The first-order valence-corrected chi connectivity index (χ1v) is 8.66. The molecule has 0 bridgehead atoms. The van der Waals surface area contributed by atoms with Crippen LogP contribution in [0.3, 0.4) is 0 Å². The Balaban J connectivity index is 2.23. The first kappa shape index (κ1) is 15.3. The van der Waals surface area contributed by atoms with Crippen LogP contribution < -0.4 is 5.32 Å². The lowest BCUT2D eigenvalue weighted by Gasteiger charge is -2.42. The summed E-state index contributed by atoms with van der Waals surface area (Å²) in [4.78, 5) is 25.8. The molecule has 7 heteroatoms. The molecule has 0 aromatic heterocycles. The van der Waals surface area contributed by atoms with Crippen LogP contribution >= 0.6 is 0 Å². The topological polar surface area (TPSA) is 83.6 Å². The molecule has 2 aliphatic rings. The highest BCUT2D eigenvalue weighted by Gasteiger charge is 2.53. The third kappa shape index (κ3) is 2.55. The number of hydrogen-bond donors (Lipinski definition) is 1. The van der Waals surface area contributed by atoms with Crippen LogP contribution in [0.5, 0.6) is 0 Å². The number of sulfone groups is 1. The molecule has 0 radical (unpaired) electrons. The molecule has 1 aliphatic heterocycles. The molecule has 114 valence electrons. The minimum absolute atomic E-state index is 0.0421. The highest BCUT2D eigenvalue weighted by atomic mass is 32.2. The Hall–Kier alpha value is -1.11. The zero-order valence-electron chi connectivity index (χ0n) is 12.4. The number of nitrogens with zero attached hydrogens (tertiary/aromatic N) is 1. The predicted molar refractivity (Wildman–Crippen MR) is 74.8 cm³/mol. The summed E-state index contributed by atoms with van der Waals surface area (Å²) in [5.74, 6) is -0.220. The first-order chi connectivity index (χ1) is 8.97. The van der Waals surface area contributed by atoms with Crippen molar-refractivity contribution in [1.29, 1.82) is 0 Å². The molecular formula is C13H22N2O4S. The van der Waals surface area contributed by atoms with Crippen molar-refractivity contribution in [3.05, 3.63) is 0 Å². The van der Waals surface area contributed by atoms with Crippen molar-refractivity contribution in [2.45, 2.75) is 43.9 Å². The van der Waals surface area contributed by atoms with Gasteiger partial charge in [0.2, 0.25) is 11.8 Å². The second kappa shape index (κ2) is 4.44.